The molecule has 0 saturated carbocycles. The van der Waals surface area contributed by atoms with Crippen molar-refractivity contribution in [1.82, 2.24) is 0 Å². The largest absolute Gasteiger partial charge is 0.288 e. The van der Waals surface area contributed by atoms with E-state index in [1.165, 1.54) is 44.1 Å². The molecule has 0 unspecified atom stereocenters. The van der Waals surface area contributed by atoms with Crippen LogP contribution in [-0.4, -0.2) is 5.78 Å². The minimum absolute atomic E-state index is 0.131. The highest BCUT2D eigenvalue weighted by molar-refractivity contribution is 9.10. The van der Waals surface area contributed by atoms with Crippen LogP contribution < -0.4 is 0 Å². The van der Waals surface area contributed by atoms with Gasteiger partial charge in [-0.15, -0.1) is 11.3 Å². The molecule has 1 heterocycles. The molecule has 1 nitrogen and oxygen atoms in total. The highest BCUT2D eigenvalue weighted by Crippen LogP contribution is 2.21. The van der Waals surface area contributed by atoms with Gasteiger partial charge in [0.25, 0.3) is 0 Å². The molecule has 1 aromatic carbocycles. The average Bonchev–Trinajstić information content (AvgIpc) is 3.00. The molecule has 3 heteroatoms. The lowest BCUT2D eigenvalue weighted by Gasteiger charge is -2.00. The number of carbonyl (C=O) groups excluding carboxylic acids is 1. The van der Waals surface area contributed by atoms with Crippen LogP contribution in [0.3, 0.4) is 0 Å². The van der Waals surface area contributed by atoms with Gasteiger partial charge in [-0.1, -0.05) is 55.0 Å². The predicted molar refractivity (Wildman–Crippen MR) is 99.0 cm³/mol. The standard InChI is InChI=1S/C19H23BrOS/c1-2-3-4-5-6-7-8-15-13-18(22-14-15)19(21)16-9-11-17(20)12-10-16/h9-14H,2-8H2,1H3. The zero-order valence-electron chi connectivity index (χ0n) is 13.1. The molecular weight excluding hydrogens is 356 g/mol. The summed E-state index contributed by atoms with van der Waals surface area (Å²) in [5, 5.41) is 2.14. The van der Waals surface area contributed by atoms with Gasteiger partial charge in [-0.25, -0.2) is 0 Å². The summed E-state index contributed by atoms with van der Waals surface area (Å²) in [7, 11) is 0. The molecule has 1 aromatic heterocycles. The molecule has 0 bridgehead atoms. The lowest BCUT2D eigenvalue weighted by Crippen LogP contribution is -1.97. The van der Waals surface area contributed by atoms with Crippen molar-refractivity contribution in [1.29, 1.82) is 0 Å². The first-order chi connectivity index (χ1) is 10.7. The van der Waals surface area contributed by atoms with E-state index < -0.39 is 0 Å². The summed E-state index contributed by atoms with van der Waals surface area (Å²) in [5.74, 6) is 0.131. The molecule has 118 valence electrons. The van der Waals surface area contributed by atoms with Crippen molar-refractivity contribution < 1.29 is 4.79 Å². The molecule has 0 N–H and O–H groups in total. The number of aryl methyl sites for hydroxylation is 1. The maximum atomic E-state index is 12.4. The number of unbranched alkanes of at least 4 members (excludes halogenated alkanes) is 5. The van der Waals surface area contributed by atoms with Crippen molar-refractivity contribution in [2.45, 2.75) is 51.9 Å². The Labute approximate surface area is 145 Å². The normalized spacial score (nSPS) is 10.8. The third kappa shape index (κ3) is 5.36. The molecule has 0 spiro atoms. The highest BCUT2D eigenvalue weighted by Gasteiger charge is 2.11. The Morgan fingerprint density at radius 1 is 1.05 bits per heavy atom. The van der Waals surface area contributed by atoms with E-state index in [9.17, 15) is 4.79 Å². The fourth-order valence-electron chi connectivity index (χ4n) is 2.48. The molecule has 22 heavy (non-hydrogen) atoms. The number of rotatable bonds is 9. The molecule has 0 aliphatic heterocycles. The lowest BCUT2D eigenvalue weighted by atomic mass is 10.1. The van der Waals surface area contributed by atoms with Gasteiger partial charge < -0.3 is 0 Å². The fraction of sp³-hybridized carbons (Fsp3) is 0.421. The summed E-state index contributed by atoms with van der Waals surface area (Å²) < 4.78 is 0.999. The molecule has 0 amide bonds. The van der Waals surface area contributed by atoms with Crippen molar-refractivity contribution in [2.24, 2.45) is 0 Å². The van der Waals surface area contributed by atoms with Crippen molar-refractivity contribution in [3.8, 4) is 0 Å². The average molecular weight is 379 g/mol. The van der Waals surface area contributed by atoms with Crippen LogP contribution in [0.5, 0.6) is 0 Å². The molecule has 0 aliphatic carbocycles. The second-order valence-electron chi connectivity index (χ2n) is 5.67. The molecule has 2 rings (SSSR count). The molecule has 2 aromatic rings. The number of hydrogen-bond acceptors (Lipinski definition) is 2. The Balaban J connectivity index is 1.83. The zero-order chi connectivity index (χ0) is 15.8. The molecule has 0 atom stereocenters. The third-order valence-electron chi connectivity index (χ3n) is 3.80. The quantitative estimate of drug-likeness (QED) is 0.352. The van der Waals surface area contributed by atoms with Gasteiger partial charge in [-0.05, 0) is 54.1 Å². The first-order valence-corrected chi connectivity index (χ1v) is 9.75. The first kappa shape index (κ1) is 17.4. The summed E-state index contributed by atoms with van der Waals surface area (Å²) in [6, 6.07) is 9.65. The SMILES string of the molecule is CCCCCCCCc1csc(C(=O)c2ccc(Br)cc2)c1. The van der Waals surface area contributed by atoms with Crippen LogP contribution in [0.2, 0.25) is 0 Å². The Hall–Kier alpha value is -0.930. The van der Waals surface area contributed by atoms with Crippen molar-refractivity contribution >= 4 is 33.0 Å². The van der Waals surface area contributed by atoms with Crippen LogP contribution in [0.4, 0.5) is 0 Å². The van der Waals surface area contributed by atoms with E-state index in [0.717, 1.165) is 21.3 Å². The number of benzene rings is 1. The monoisotopic (exact) mass is 378 g/mol. The van der Waals surface area contributed by atoms with Gasteiger partial charge in [0.2, 0.25) is 5.78 Å². The van der Waals surface area contributed by atoms with Crippen LogP contribution >= 0.6 is 27.3 Å². The summed E-state index contributed by atoms with van der Waals surface area (Å²) >= 11 is 4.96. The van der Waals surface area contributed by atoms with Crippen molar-refractivity contribution in [2.75, 3.05) is 0 Å². The maximum absolute atomic E-state index is 12.4. The molecule has 0 radical (unpaired) electrons. The number of hydrogen-bond donors (Lipinski definition) is 0. The summed E-state index contributed by atoms with van der Waals surface area (Å²) in [6.07, 6.45) is 8.96. The summed E-state index contributed by atoms with van der Waals surface area (Å²) in [5.41, 5.74) is 2.07. The van der Waals surface area contributed by atoms with E-state index in [-0.39, 0.29) is 5.78 Å². The minimum atomic E-state index is 0.131. The van der Waals surface area contributed by atoms with Crippen molar-refractivity contribution in [3.05, 3.63) is 56.2 Å². The van der Waals surface area contributed by atoms with E-state index >= 15 is 0 Å². The topological polar surface area (TPSA) is 17.1 Å². The van der Waals surface area contributed by atoms with Crippen LogP contribution in [0.25, 0.3) is 0 Å². The van der Waals surface area contributed by atoms with E-state index in [4.69, 9.17) is 0 Å². The molecule has 0 aliphatic rings. The maximum Gasteiger partial charge on any atom is 0.202 e. The second kappa shape index (κ2) is 9.26. The Morgan fingerprint density at radius 2 is 1.73 bits per heavy atom. The van der Waals surface area contributed by atoms with E-state index in [0.29, 0.717) is 0 Å². The van der Waals surface area contributed by atoms with Crippen LogP contribution in [0.1, 0.15) is 66.2 Å². The number of ketones is 1. The number of thiophene rings is 1. The van der Waals surface area contributed by atoms with Gasteiger partial charge in [-0.2, -0.15) is 0 Å². The predicted octanol–water partition coefficient (Wildman–Crippen LogP) is 6.64. The highest BCUT2D eigenvalue weighted by atomic mass is 79.9. The second-order valence-corrected chi connectivity index (χ2v) is 7.50. The zero-order valence-corrected chi connectivity index (χ0v) is 15.5. The molecular formula is C19H23BrOS. The van der Waals surface area contributed by atoms with E-state index in [1.807, 2.05) is 24.3 Å². The molecule has 0 saturated heterocycles. The lowest BCUT2D eigenvalue weighted by molar-refractivity contribution is 0.104. The first-order valence-electron chi connectivity index (χ1n) is 8.08. The summed E-state index contributed by atoms with van der Waals surface area (Å²) in [4.78, 5) is 13.3. The van der Waals surface area contributed by atoms with E-state index in [1.54, 1.807) is 11.3 Å². The summed E-state index contributed by atoms with van der Waals surface area (Å²) in [6.45, 7) is 2.25. The Kier molecular flexibility index (Phi) is 7.34. The Morgan fingerprint density at radius 3 is 2.45 bits per heavy atom. The van der Waals surface area contributed by atoms with Gasteiger partial charge >= 0.3 is 0 Å². The van der Waals surface area contributed by atoms with Gasteiger partial charge in [0.1, 0.15) is 0 Å². The minimum Gasteiger partial charge on any atom is -0.288 e. The van der Waals surface area contributed by atoms with Gasteiger partial charge in [0.05, 0.1) is 4.88 Å². The van der Waals surface area contributed by atoms with Gasteiger partial charge in [0.15, 0.2) is 0 Å². The smallest absolute Gasteiger partial charge is 0.202 e. The van der Waals surface area contributed by atoms with Crippen molar-refractivity contribution in [3.63, 3.8) is 0 Å². The molecule has 0 fully saturated rings. The van der Waals surface area contributed by atoms with Crippen LogP contribution in [0.15, 0.2) is 40.2 Å². The van der Waals surface area contributed by atoms with Crippen LogP contribution in [0, 0.1) is 0 Å². The fourth-order valence-corrected chi connectivity index (χ4v) is 3.65. The van der Waals surface area contributed by atoms with E-state index in [2.05, 4.69) is 34.3 Å². The third-order valence-corrected chi connectivity index (χ3v) is 5.31. The van der Waals surface area contributed by atoms with Gasteiger partial charge in [-0.3, -0.25) is 4.79 Å². The van der Waals surface area contributed by atoms with Crippen LogP contribution in [-0.2, 0) is 6.42 Å². The number of carbonyl (C=O) groups is 1. The Bertz CT molecular complexity index is 586. The van der Waals surface area contributed by atoms with Gasteiger partial charge in [0, 0.05) is 10.0 Å². The number of halogens is 1.